The van der Waals surface area contributed by atoms with Gasteiger partial charge in [0, 0.05) is 33.3 Å². The van der Waals surface area contributed by atoms with Crippen LogP contribution in [0.25, 0.3) is 0 Å². The molecule has 0 aliphatic carbocycles. The third-order valence-electron chi connectivity index (χ3n) is 5.63. The van der Waals surface area contributed by atoms with Crippen molar-refractivity contribution in [3.8, 4) is 0 Å². The first kappa shape index (κ1) is 19.1. The lowest BCUT2D eigenvalue weighted by Gasteiger charge is -2.33. The minimum atomic E-state index is -0.473. The lowest BCUT2D eigenvalue weighted by Crippen LogP contribution is -2.45. The quantitative estimate of drug-likeness (QED) is 0.827. The highest BCUT2D eigenvalue weighted by atomic mass is 16.2. The topological polar surface area (TPSA) is 64.3 Å². The van der Waals surface area contributed by atoms with Gasteiger partial charge in [-0.2, -0.15) is 0 Å². The highest BCUT2D eigenvalue weighted by molar-refractivity contribution is 5.92. The van der Waals surface area contributed by atoms with E-state index >= 15 is 0 Å². The van der Waals surface area contributed by atoms with Crippen LogP contribution in [-0.2, 0) is 20.5 Å². The van der Waals surface area contributed by atoms with Crippen molar-refractivity contribution in [2.75, 3.05) is 13.1 Å². The fourth-order valence-corrected chi connectivity index (χ4v) is 3.84. The number of hydrogen-bond donors (Lipinski definition) is 0. The number of nitrogens with zero attached hydrogens (tertiary/aromatic N) is 3. The van der Waals surface area contributed by atoms with E-state index in [1.54, 1.807) is 4.90 Å². The highest BCUT2D eigenvalue weighted by Gasteiger charge is 2.26. The fourth-order valence-electron chi connectivity index (χ4n) is 3.84. The molecule has 0 N–H and O–H groups in total. The van der Waals surface area contributed by atoms with E-state index in [0.29, 0.717) is 19.0 Å². The number of likely N-dealkylation sites (tertiary alicyclic amines) is 1. The predicted octanol–water partition coefficient (Wildman–Crippen LogP) is 1.88. The lowest BCUT2D eigenvalue weighted by atomic mass is 9.90. The Bertz CT molecular complexity index is 958. The molecule has 6 heteroatoms. The van der Waals surface area contributed by atoms with Gasteiger partial charge in [0.1, 0.15) is 5.69 Å². The van der Waals surface area contributed by atoms with Gasteiger partial charge in [0.2, 0.25) is 0 Å². The summed E-state index contributed by atoms with van der Waals surface area (Å²) in [5, 5.41) is 0. The molecule has 1 aromatic carbocycles. The summed E-state index contributed by atoms with van der Waals surface area (Å²) in [6, 6.07) is 9.67. The second kappa shape index (κ2) is 7.94. The first-order valence-electron chi connectivity index (χ1n) is 9.49. The van der Waals surface area contributed by atoms with Crippen LogP contribution >= 0.6 is 0 Å². The van der Waals surface area contributed by atoms with Crippen LogP contribution in [0.5, 0.6) is 0 Å². The van der Waals surface area contributed by atoms with Gasteiger partial charge in [0.05, 0.1) is 0 Å². The molecule has 1 fully saturated rings. The molecule has 1 saturated heterocycles. The van der Waals surface area contributed by atoms with E-state index in [2.05, 4.69) is 25.1 Å². The molecule has 144 valence electrons. The summed E-state index contributed by atoms with van der Waals surface area (Å²) in [7, 11) is 2.95. The SMILES string of the molecule is Cc1ccccc1CCC1CCCN(C(=O)c2cc(=O)n(C)c(=O)n2C)C1. The van der Waals surface area contributed by atoms with E-state index in [-0.39, 0.29) is 11.6 Å². The minimum Gasteiger partial charge on any atom is -0.337 e. The Balaban J connectivity index is 1.71. The highest BCUT2D eigenvalue weighted by Crippen LogP contribution is 2.23. The third-order valence-corrected chi connectivity index (χ3v) is 5.63. The molecule has 0 saturated carbocycles. The zero-order valence-corrected chi connectivity index (χ0v) is 16.3. The fraction of sp³-hybridized carbons (Fsp3) is 0.476. The predicted molar refractivity (Wildman–Crippen MR) is 105 cm³/mol. The van der Waals surface area contributed by atoms with E-state index in [4.69, 9.17) is 0 Å². The van der Waals surface area contributed by atoms with Crippen LogP contribution in [0.4, 0.5) is 0 Å². The number of piperidine rings is 1. The molecule has 1 unspecified atom stereocenters. The molecule has 1 aliphatic rings. The van der Waals surface area contributed by atoms with E-state index < -0.39 is 11.2 Å². The van der Waals surface area contributed by atoms with Gasteiger partial charge in [-0.3, -0.25) is 18.7 Å². The zero-order chi connectivity index (χ0) is 19.6. The van der Waals surface area contributed by atoms with E-state index in [1.165, 1.54) is 35.9 Å². The molecular formula is C21H27N3O3. The number of aromatic nitrogens is 2. The number of amides is 1. The van der Waals surface area contributed by atoms with Gasteiger partial charge in [-0.25, -0.2) is 4.79 Å². The van der Waals surface area contributed by atoms with Gasteiger partial charge in [0.25, 0.3) is 11.5 Å². The molecule has 2 heterocycles. The zero-order valence-electron chi connectivity index (χ0n) is 16.3. The van der Waals surface area contributed by atoms with Crippen LogP contribution in [0.15, 0.2) is 39.9 Å². The van der Waals surface area contributed by atoms with Crippen molar-refractivity contribution in [1.82, 2.24) is 14.0 Å². The summed E-state index contributed by atoms with van der Waals surface area (Å²) in [6.45, 7) is 3.47. The van der Waals surface area contributed by atoms with Crippen molar-refractivity contribution < 1.29 is 4.79 Å². The average molecular weight is 369 g/mol. The van der Waals surface area contributed by atoms with Crippen molar-refractivity contribution in [3.05, 3.63) is 68.0 Å². The Morgan fingerprint density at radius 1 is 1.15 bits per heavy atom. The van der Waals surface area contributed by atoms with Gasteiger partial charge in [-0.05, 0) is 49.7 Å². The van der Waals surface area contributed by atoms with E-state index in [9.17, 15) is 14.4 Å². The number of aryl methyl sites for hydroxylation is 2. The molecule has 3 rings (SSSR count). The maximum absolute atomic E-state index is 12.9. The molecule has 1 atom stereocenters. The minimum absolute atomic E-state index is 0.169. The van der Waals surface area contributed by atoms with Crippen molar-refractivity contribution >= 4 is 5.91 Å². The lowest BCUT2D eigenvalue weighted by molar-refractivity contribution is 0.0656. The number of carbonyl (C=O) groups is 1. The smallest absolute Gasteiger partial charge is 0.331 e. The third kappa shape index (κ3) is 4.04. The summed E-state index contributed by atoms with van der Waals surface area (Å²) < 4.78 is 2.28. The van der Waals surface area contributed by atoms with Crippen molar-refractivity contribution in [1.29, 1.82) is 0 Å². The molecule has 0 radical (unpaired) electrons. The molecule has 1 aliphatic heterocycles. The Morgan fingerprint density at radius 2 is 1.89 bits per heavy atom. The van der Waals surface area contributed by atoms with Gasteiger partial charge < -0.3 is 4.90 Å². The summed E-state index contributed by atoms with van der Waals surface area (Å²) in [6.07, 6.45) is 4.09. The van der Waals surface area contributed by atoms with Crippen LogP contribution < -0.4 is 11.2 Å². The van der Waals surface area contributed by atoms with Gasteiger partial charge in [-0.15, -0.1) is 0 Å². The second-order valence-corrected chi connectivity index (χ2v) is 7.49. The Morgan fingerprint density at radius 3 is 2.63 bits per heavy atom. The number of carbonyl (C=O) groups excluding carboxylic acids is 1. The standard InChI is InChI=1S/C21H27N3O3/c1-15-7-4-5-9-17(15)11-10-16-8-6-12-24(14-16)20(26)18-13-19(25)23(3)21(27)22(18)2/h4-5,7,9,13,16H,6,8,10-12,14H2,1-3H3. The molecule has 0 spiro atoms. The first-order chi connectivity index (χ1) is 12.9. The van der Waals surface area contributed by atoms with E-state index in [0.717, 1.165) is 30.3 Å². The molecule has 27 heavy (non-hydrogen) atoms. The Kier molecular flexibility index (Phi) is 5.63. The van der Waals surface area contributed by atoms with Gasteiger partial charge in [0.15, 0.2) is 0 Å². The van der Waals surface area contributed by atoms with Crippen molar-refractivity contribution in [3.63, 3.8) is 0 Å². The van der Waals surface area contributed by atoms with Crippen molar-refractivity contribution in [2.24, 2.45) is 20.0 Å². The molecule has 1 amide bonds. The normalized spacial score (nSPS) is 17.1. The number of rotatable bonds is 4. The summed E-state index contributed by atoms with van der Waals surface area (Å²) in [5.41, 5.74) is 1.91. The maximum atomic E-state index is 12.9. The molecule has 6 nitrogen and oxygen atoms in total. The largest absolute Gasteiger partial charge is 0.337 e. The van der Waals surface area contributed by atoms with Gasteiger partial charge in [-0.1, -0.05) is 24.3 Å². The Hall–Kier alpha value is -2.63. The van der Waals surface area contributed by atoms with E-state index in [1.807, 2.05) is 6.07 Å². The Labute approximate surface area is 159 Å². The van der Waals surface area contributed by atoms with Gasteiger partial charge >= 0.3 is 5.69 Å². The van der Waals surface area contributed by atoms with Crippen LogP contribution in [0, 0.1) is 12.8 Å². The molecule has 1 aromatic heterocycles. The number of hydrogen-bond acceptors (Lipinski definition) is 3. The molecule has 0 bridgehead atoms. The second-order valence-electron chi connectivity index (χ2n) is 7.49. The average Bonchev–Trinajstić information content (AvgIpc) is 2.68. The molecule has 2 aromatic rings. The molecular weight excluding hydrogens is 342 g/mol. The van der Waals surface area contributed by atoms with Crippen LogP contribution in [0.2, 0.25) is 0 Å². The van der Waals surface area contributed by atoms with Crippen LogP contribution in [-0.4, -0.2) is 33.0 Å². The maximum Gasteiger partial charge on any atom is 0.331 e. The van der Waals surface area contributed by atoms with Crippen LogP contribution in [0.3, 0.4) is 0 Å². The summed E-state index contributed by atoms with van der Waals surface area (Å²) >= 11 is 0. The first-order valence-corrected chi connectivity index (χ1v) is 9.49. The summed E-state index contributed by atoms with van der Waals surface area (Å²) in [4.78, 5) is 38.8. The van der Waals surface area contributed by atoms with Crippen molar-refractivity contribution in [2.45, 2.75) is 32.6 Å². The summed E-state index contributed by atoms with van der Waals surface area (Å²) in [5.74, 6) is 0.207. The monoisotopic (exact) mass is 369 g/mol. The van der Waals surface area contributed by atoms with Crippen LogP contribution in [0.1, 0.15) is 40.9 Å². The number of benzene rings is 1.